The predicted octanol–water partition coefficient (Wildman–Crippen LogP) is 1.15. The molecule has 0 bridgehead atoms. The van der Waals surface area contributed by atoms with E-state index in [4.69, 9.17) is 5.73 Å². The van der Waals surface area contributed by atoms with E-state index in [1.807, 2.05) is 25.5 Å². The average Bonchev–Trinajstić information content (AvgIpc) is 2.92. The minimum atomic E-state index is -0.306. The van der Waals surface area contributed by atoms with Gasteiger partial charge in [-0.2, -0.15) is 0 Å². The summed E-state index contributed by atoms with van der Waals surface area (Å²) in [6.45, 7) is 0.488. The molecule has 20 heavy (non-hydrogen) atoms. The Bertz CT molecular complexity index is 570. The molecule has 0 spiro atoms. The van der Waals surface area contributed by atoms with Crippen molar-refractivity contribution in [2.75, 3.05) is 26.4 Å². The van der Waals surface area contributed by atoms with Crippen molar-refractivity contribution in [2.45, 2.75) is 6.04 Å². The molecule has 0 aromatic carbocycles. The zero-order chi connectivity index (χ0) is 14.5. The van der Waals surface area contributed by atoms with Gasteiger partial charge in [-0.25, -0.2) is 9.97 Å². The Morgan fingerprint density at radius 1 is 1.45 bits per heavy atom. The van der Waals surface area contributed by atoms with Crippen LogP contribution in [-0.2, 0) is 0 Å². The molecule has 6 nitrogen and oxygen atoms in total. The van der Waals surface area contributed by atoms with Crippen LogP contribution in [0.2, 0.25) is 0 Å². The van der Waals surface area contributed by atoms with Crippen LogP contribution in [0, 0.1) is 0 Å². The fraction of sp³-hybridized carbons (Fsp3) is 0.308. The molecule has 0 aliphatic carbocycles. The Balaban J connectivity index is 2.03. The van der Waals surface area contributed by atoms with Crippen LogP contribution >= 0.6 is 11.3 Å². The number of nitrogens with one attached hydrogen (secondary N) is 1. The van der Waals surface area contributed by atoms with Crippen molar-refractivity contribution in [1.29, 1.82) is 0 Å². The summed E-state index contributed by atoms with van der Waals surface area (Å²) in [5.74, 6) is -0.165. The Labute approximate surface area is 121 Å². The largest absolute Gasteiger partial charge is 0.382 e. The molecule has 0 aliphatic rings. The van der Waals surface area contributed by atoms with Crippen molar-refractivity contribution in [2.24, 2.45) is 0 Å². The number of carbonyl (C=O) groups excluding carboxylic acids is 1. The second-order valence-electron chi connectivity index (χ2n) is 4.50. The van der Waals surface area contributed by atoms with Crippen LogP contribution in [0.4, 0.5) is 5.82 Å². The summed E-state index contributed by atoms with van der Waals surface area (Å²) in [7, 11) is 3.96. The van der Waals surface area contributed by atoms with Gasteiger partial charge in [0.25, 0.3) is 5.91 Å². The molecule has 106 valence electrons. The molecule has 0 saturated heterocycles. The van der Waals surface area contributed by atoms with Gasteiger partial charge in [-0.05, 0) is 25.5 Å². The molecule has 2 rings (SSSR count). The molecule has 2 aromatic heterocycles. The van der Waals surface area contributed by atoms with Crippen molar-refractivity contribution < 1.29 is 4.79 Å². The topological polar surface area (TPSA) is 84.1 Å². The van der Waals surface area contributed by atoms with Crippen LogP contribution in [0.3, 0.4) is 0 Å². The first-order valence-corrected chi connectivity index (χ1v) is 7.02. The summed E-state index contributed by atoms with van der Waals surface area (Å²) < 4.78 is 0. The fourth-order valence-electron chi connectivity index (χ4n) is 1.82. The van der Waals surface area contributed by atoms with Gasteiger partial charge < -0.3 is 16.0 Å². The third-order valence-corrected chi connectivity index (χ3v) is 3.87. The minimum Gasteiger partial charge on any atom is -0.382 e. The van der Waals surface area contributed by atoms with Crippen molar-refractivity contribution in [1.82, 2.24) is 20.2 Å². The van der Waals surface area contributed by atoms with Gasteiger partial charge in [0.2, 0.25) is 0 Å². The van der Waals surface area contributed by atoms with Crippen LogP contribution in [-0.4, -0.2) is 41.4 Å². The van der Waals surface area contributed by atoms with Gasteiger partial charge in [-0.3, -0.25) is 4.79 Å². The Kier molecular flexibility index (Phi) is 4.65. The zero-order valence-electron chi connectivity index (χ0n) is 11.4. The number of amides is 1. The summed E-state index contributed by atoms with van der Waals surface area (Å²) in [4.78, 5) is 23.1. The lowest BCUT2D eigenvalue weighted by atomic mass is 10.2. The molecule has 0 saturated carbocycles. The van der Waals surface area contributed by atoms with Crippen molar-refractivity contribution in [3.05, 3.63) is 40.5 Å². The van der Waals surface area contributed by atoms with Gasteiger partial charge in [0.15, 0.2) is 11.5 Å². The number of nitrogens with zero attached hydrogens (tertiary/aromatic N) is 3. The molecule has 1 amide bonds. The number of thiophene rings is 1. The number of nitrogen functional groups attached to an aromatic ring is 1. The molecule has 0 fully saturated rings. The molecular formula is C13H17N5OS. The molecule has 0 aliphatic heterocycles. The monoisotopic (exact) mass is 291 g/mol. The quantitative estimate of drug-likeness (QED) is 0.863. The van der Waals surface area contributed by atoms with E-state index in [2.05, 4.69) is 26.3 Å². The number of likely N-dealkylation sites (N-methyl/N-ethyl adjacent to an activating group) is 1. The van der Waals surface area contributed by atoms with Gasteiger partial charge in [-0.15, -0.1) is 11.3 Å². The summed E-state index contributed by atoms with van der Waals surface area (Å²) in [5.41, 5.74) is 5.80. The first kappa shape index (κ1) is 14.4. The molecule has 1 atom stereocenters. The number of hydrogen-bond donors (Lipinski definition) is 2. The smallest absolute Gasteiger partial charge is 0.273 e. The van der Waals surface area contributed by atoms with Crippen molar-refractivity contribution in [3.8, 4) is 0 Å². The van der Waals surface area contributed by atoms with Crippen LogP contribution in [0.5, 0.6) is 0 Å². The predicted molar refractivity (Wildman–Crippen MR) is 79.5 cm³/mol. The highest BCUT2D eigenvalue weighted by Gasteiger charge is 2.18. The standard InChI is InChI=1S/C13H17N5OS/c1-18(2)9(10-4-3-7-20-10)8-17-13(19)11-12(14)16-6-5-15-11/h3-7,9H,8H2,1-2H3,(H2,14,16)(H,17,19)/t9-/m0/s1. The summed E-state index contributed by atoms with van der Waals surface area (Å²) in [5, 5.41) is 4.88. The van der Waals surface area contributed by atoms with E-state index < -0.39 is 0 Å². The van der Waals surface area contributed by atoms with Gasteiger partial charge in [0.05, 0.1) is 6.04 Å². The summed E-state index contributed by atoms with van der Waals surface area (Å²) >= 11 is 1.66. The lowest BCUT2D eigenvalue weighted by molar-refractivity contribution is 0.0938. The second-order valence-corrected chi connectivity index (χ2v) is 5.47. The summed E-state index contributed by atoms with van der Waals surface area (Å²) in [6, 6.07) is 4.17. The third kappa shape index (κ3) is 3.31. The number of rotatable bonds is 5. The van der Waals surface area contributed by atoms with E-state index >= 15 is 0 Å². The van der Waals surface area contributed by atoms with Crippen molar-refractivity contribution >= 4 is 23.1 Å². The highest BCUT2D eigenvalue weighted by molar-refractivity contribution is 7.10. The maximum absolute atomic E-state index is 12.1. The lowest BCUT2D eigenvalue weighted by Gasteiger charge is -2.23. The fourth-order valence-corrected chi connectivity index (χ4v) is 2.74. The number of hydrogen-bond acceptors (Lipinski definition) is 6. The van der Waals surface area contributed by atoms with E-state index in [1.165, 1.54) is 17.3 Å². The van der Waals surface area contributed by atoms with Crippen molar-refractivity contribution in [3.63, 3.8) is 0 Å². The third-order valence-electron chi connectivity index (χ3n) is 2.89. The summed E-state index contributed by atoms with van der Waals surface area (Å²) in [6.07, 6.45) is 2.91. The van der Waals surface area contributed by atoms with Gasteiger partial charge in [-0.1, -0.05) is 6.07 Å². The molecular weight excluding hydrogens is 274 g/mol. The zero-order valence-corrected chi connectivity index (χ0v) is 12.2. The van der Waals surface area contributed by atoms with E-state index in [1.54, 1.807) is 11.3 Å². The van der Waals surface area contributed by atoms with Gasteiger partial charge in [0.1, 0.15) is 0 Å². The lowest BCUT2D eigenvalue weighted by Crippen LogP contribution is -2.35. The first-order valence-electron chi connectivity index (χ1n) is 6.14. The maximum Gasteiger partial charge on any atom is 0.273 e. The highest BCUT2D eigenvalue weighted by atomic mass is 32.1. The number of nitrogens with two attached hydrogens (primary N) is 1. The molecule has 2 heterocycles. The number of aromatic nitrogens is 2. The molecule has 2 aromatic rings. The van der Waals surface area contributed by atoms with Gasteiger partial charge >= 0.3 is 0 Å². The molecule has 3 N–H and O–H groups in total. The van der Waals surface area contributed by atoms with Crippen LogP contribution < -0.4 is 11.1 Å². The first-order chi connectivity index (χ1) is 9.59. The number of anilines is 1. The normalized spacial score (nSPS) is 12.3. The minimum absolute atomic E-state index is 0.122. The van der Waals surface area contributed by atoms with Gasteiger partial charge in [0, 0.05) is 23.8 Å². The SMILES string of the molecule is CN(C)[C@@H](CNC(=O)c1nccnc1N)c1cccs1. The van der Waals surface area contributed by atoms with Crippen LogP contribution in [0.25, 0.3) is 0 Å². The molecule has 7 heteroatoms. The van der Waals surface area contributed by atoms with E-state index in [-0.39, 0.29) is 23.5 Å². The van der Waals surface area contributed by atoms with E-state index in [0.717, 1.165) is 0 Å². The Morgan fingerprint density at radius 3 is 2.80 bits per heavy atom. The Hall–Kier alpha value is -1.99. The highest BCUT2D eigenvalue weighted by Crippen LogP contribution is 2.22. The van der Waals surface area contributed by atoms with Crippen LogP contribution in [0.1, 0.15) is 21.4 Å². The van der Waals surface area contributed by atoms with E-state index in [0.29, 0.717) is 6.54 Å². The van der Waals surface area contributed by atoms with E-state index in [9.17, 15) is 4.79 Å². The second kappa shape index (κ2) is 6.44. The Morgan fingerprint density at radius 2 is 2.20 bits per heavy atom. The molecule has 0 radical (unpaired) electrons. The van der Waals surface area contributed by atoms with Crippen LogP contribution in [0.15, 0.2) is 29.9 Å². The maximum atomic E-state index is 12.1. The average molecular weight is 291 g/mol. The number of carbonyl (C=O) groups is 1. The molecule has 0 unspecified atom stereocenters.